The first-order valence-corrected chi connectivity index (χ1v) is 4.71. The van der Waals surface area contributed by atoms with E-state index in [-0.39, 0.29) is 15.8 Å². The van der Waals surface area contributed by atoms with Crippen LogP contribution in [0.15, 0.2) is 0 Å². The molecular weight excluding hydrogens is 215 g/mol. The first kappa shape index (κ1) is 11.2. The molecule has 0 saturated heterocycles. The number of carbonyl (C=O) groups is 1. The van der Waals surface area contributed by atoms with Crippen LogP contribution in [0.25, 0.3) is 0 Å². The molecule has 0 radical (unpaired) electrons. The number of hydrogen-bond acceptors (Lipinski definition) is 3. The monoisotopic (exact) mass is 223 g/mol. The van der Waals surface area contributed by atoms with Gasteiger partial charge >= 0.3 is 6.18 Å². The van der Waals surface area contributed by atoms with E-state index < -0.39 is 11.9 Å². The van der Waals surface area contributed by atoms with Crippen molar-refractivity contribution in [1.29, 1.82) is 0 Å². The number of aromatic nitrogens is 1. The van der Waals surface area contributed by atoms with Crippen LogP contribution >= 0.6 is 11.3 Å². The van der Waals surface area contributed by atoms with Crippen LogP contribution in [0.4, 0.5) is 13.2 Å². The van der Waals surface area contributed by atoms with Crippen molar-refractivity contribution >= 4 is 17.6 Å². The zero-order chi connectivity index (χ0) is 10.9. The van der Waals surface area contributed by atoms with Gasteiger partial charge in [-0.1, -0.05) is 13.8 Å². The van der Waals surface area contributed by atoms with Gasteiger partial charge < -0.3 is 0 Å². The summed E-state index contributed by atoms with van der Waals surface area (Å²) in [4.78, 5) is 13.7. The molecule has 0 fully saturated rings. The van der Waals surface area contributed by atoms with E-state index in [9.17, 15) is 18.0 Å². The fourth-order valence-corrected chi connectivity index (χ4v) is 1.90. The molecule has 0 atom stereocenters. The second-order valence-corrected chi connectivity index (χ2v) is 4.10. The molecule has 0 aromatic carbocycles. The lowest BCUT2D eigenvalue weighted by molar-refractivity contribution is -0.141. The average Bonchev–Trinajstić information content (AvgIpc) is 2.46. The molecule has 0 bridgehead atoms. The van der Waals surface area contributed by atoms with E-state index in [1.165, 1.54) is 0 Å². The Bertz CT molecular complexity index is 343. The summed E-state index contributed by atoms with van der Waals surface area (Å²) in [6, 6.07) is 0. The summed E-state index contributed by atoms with van der Waals surface area (Å²) < 4.78 is 37.2. The van der Waals surface area contributed by atoms with Gasteiger partial charge in [0, 0.05) is 4.88 Å². The minimum atomic E-state index is -4.47. The van der Waals surface area contributed by atoms with Gasteiger partial charge in [-0.2, -0.15) is 13.2 Å². The summed E-state index contributed by atoms with van der Waals surface area (Å²) in [5.41, 5.74) is -0.931. The molecule has 6 heteroatoms. The van der Waals surface area contributed by atoms with E-state index in [2.05, 4.69) is 4.98 Å². The topological polar surface area (TPSA) is 30.0 Å². The first-order chi connectivity index (χ1) is 6.36. The molecule has 1 aromatic heterocycles. The minimum absolute atomic E-state index is 0.111. The number of alkyl halides is 3. The molecule has 1 aromatic rings. The summed E-state index contributed by atoms with van der Waals surface area (Å²) in [6.45, 7) is 3.27. The summed E-state index contributed by atoms with van der Waals surface area (Å²) in [5, 5.41) is -0.124. The van der Waals surface area contributed by atoms with Gasteiger partial charge in [0.2, 0.25) is 0 Å². The molecule has 0 aliphatic heterocycles. The fourth-order valence-electron chi connectivity index (χ4n) is 0.994. The van der Waals surface area contributed by atoms with Gasteiger partial charge in [0.05, 0.1) is 0 Å². The number of halogens is 3. The van der Waals surface area contributed by atoms with Crippen LogP contribution in [-0.2, 0) is 6.18 Å². The van der Waals surface area contributed by atoms with E-state index in [0.29, 0.717) is 6.29 Å². The van der Waals surface area contributed by atoms with Crippen molar-refractivity contribution in [3.05, 3.63) is 15.6 Å². The highest BCUT2D eigenvalue weighted by Gasteiger charge is 2.37. The Hall–Kier alpha value is -0.910. The van der Waals surface area contributed by atoms with Crippen LogP contribution in [0.2, 0.25) is 0 Å². The van der Waals surface area contributed by atoms with E-state index in [1.807, 2.05) is 0 Å². The Morgan fingerprint density at radius 3 is 2.29 bits per heavy atom. The Balaban J connectivity index is 3.26. The fraction of sp³-hybridized carbons (Fsp3) is 0.500. The van der Waals surface area contributed by atoms with E-state index in [4.69, 9.17) is 0 Å². The second-order valence-electron chi connectivity index (χ2n) is 3.04. The number of thiazole rings is 1. The summed E-state index contributed by atoms with van der Waals surface area (Å²) in [5.74, 6) is -0.280. The molecule has 1 rings (SSSR count). The highest BCUT2D eigenvalue weighted by atomic mass is 32.1. The third-order valence-electron chi connectivity index (χ3n) is 1.56. The predicted octanol–water partition coefficient (Wildman–Crippen LogP) is 3.10. The SMILES string of the molecule is CC(C)c1sc(C=O)nc1C(F)(F)F. The molecule has 14 heavy (non-hydrogen) atoms. The number of aldehydes is 1. The van der Waals surface area contributed by atoms with Gasteiger partial charge in [0.1, 0.15) is 0 Å². The quantitative estimate of drug-likeness (QED) is 0.721. The van der Waals surface area contributed by atoms with E-state index in [0.717, 1.165) is 11.3 Å². The lowest BCUT2D eigenvalue weighted by atomic mass is 10.1. The molecule has 0 unspecified atom stereocenters. The smallest absolute Gasteiger partial charge is 0.295 e. The zero-order valence-electron chi connectivity index (χ0n) is 7.55. The molecule has 2 nitrogen and oxygen atoms in total. The van der Waals surface area contributed by atoms with Gasteiger partial charge in [-0.3, -0.25) is 4.79 Å². The Labute approximate surface area is 82.8 Å². The number of rotatable bonds is 2. The molecule has 0 amide bonds. The van der Waals surface area contributed by atoms with Crippen molar-refractivity contribution in [1.82, 2.24) is 4.98 Å². The third kappa shape index (κ3) is 2.12. The third-order valence-corrected chi connectivity index (χ3v) is 2.84. The molecule has 0 N–H and O–H groups in total. The largest absolute Gasteiger partial charge is 0.434 e. The summed E-state index contributed by atoms with van der Waals surface area (Å²) >= 11 is 0.795. The number of carbonyl (C=O) groups excluding carboxylic acids is 1. The maximum Gasteiger partial charge on any atom is 0.434 e. The Morgan fingerprint density at radius 1 is 1.43 bits per heavy atom. The van der Waals surface area contributed by atoms with Gasteiger partial charge in [-0.05, 0) is 5.92 Å². The normalized spacial score (nSPS) is 12.1. The van der Waals surface area contributed by atoms with E-state index in [1.54, 1.807) is 13.8 Å². The highest BCUT2D eigenvalue weighted by molar-refractivity contribution is 7.13. The zero-order valence-corrected chi connectivity index (χ0v) is 8.37. The van der Waals surface area contributed by atoms with Crippen molar-refractivity contribution in [3.63, 3.8) is 0 Å². The minimum Gasteiger partial charge on any atom is -0.295 e. The summed E-state index contributed by atoms with van der Waals surface area (Å²) in [6.07, 6.45) is -4.14. The van der Waals surface area contributed by atoms with Gasteiger partial charge in [-0.25, -0.2) is 4.98 Å². The van der Waals surface area contributed by atoms with Crippen LogP contribution in [0.1, 0.15) is 40.1 Å². The molecule has 1 heterocycles. The highest BCUT2D eigenvalue weighted by Crippen LogP contribution is 2.37. The Kier molecular flexibility index (Phi) is 2.94. The molecule has 0 aliphatic carbocycles. The standard InChI is InChI=1S/C8H8F3NOS/c1-4(2)6-7(8(9,10)11)12-5(3-13)14-6/h3-4H,1-2H3. The lowest BCUT2D eigenvalue weighted by Crippen LogP contribution is -2.09. The maximum atomic E-state index is 12.4. The second kappa shape index (κ2) is 3.68. The first-order valence-electron chi connectivity index (χ1n) is 3.89. The van der Waals surface area contributed by atoms with Crippen LogP contribution in [-0.4, -0.2) is 11.3 Å². The van der Waals surface area contributed by atoms with Crippen LogP contribution in [0, 0.1) is 0 Å². The van der Waals surface area contributed by atoms with Crippen LogP contribution < -0.4 is 0 Å². The lowest BCUT2D eigenvalue weighted by Gasteiger charge is -2.07. The van der Waals surface area contributed by atoms with Crippen molar-refractivity contribution in [2.75, 3.05) is 0 Å². The van der Waals surface area contributed by atoms with E-state index >= 15 is 0 Å². The molecule has 0 aliphatic rings. The predicted molar refractivity (Wildman–Crippen MR) is 46.6 cm³/mol. The van der Waals surface area contributed by atoms with Crippen molar-refractivity contribution in [2.45, 2.75) is 25.9 Å². The maximum absolute atomic E-state index is 12.4. The van der Waals surface area contributed by atoms with Gasteiger partial charge in [0.25, 0.3) is 0 Å². The van der Waals surface area contributed by atoms with Crippen molar-refractivity contribution in [3.8, 4) is 0 Å². The molecular formula is C8H8F3NOS. The molecule has 0 saturated carbocycles. The van der Waals surface area contributed by atoms with Crippen LogP contribution in [0.3, 0.4) is 0 Å². The Morgan fingerprint density at radius 2 is 2.00 bits per heavy atom. The van der Waals surface area contributed by atoms with Crippen molar-refractivity contribution < 1.29 is 18.0 Å². The van der Waals surface area contributed by atoms with Gasteiger partial charge in [-0.15, -0.1) is 11.3 Å². The molecule has 0 spiro atoms. The molecule has 78 valence electrons. The number of nitrogens with zero attached hydrogens (tertiary/aromatic N) is 1. The van der Waals surface area contributed by atoms with Gasteiger partial charge in [0.15, 0.2) is 17.0 Å². The van der Waals surface area contributed by atoms with Crippen molar-refractivity contribution in [2.24, 2.45) is 0 Å². The van der Waals surface area contributed by atoms with Crippen LogP contribution in [0.5, 0.6) is 0 Å². The number of hydrogen-bond donors (Lipinski definition) is 0. The summed E-state index contributed by atoms with van der Waals surface area (Å²) in [7, 11) is 0. The average molecular weight is 223 g/mol.